The Morgan fingerprint density at radius 2 is 2.12 bits per heavy atom. The van der Waals surface area contributed by atoms with Gasteiger partial charge in [0.2, 0.25) is 0 Å². The van der Waals surface area contributed by atoms with Gasteiger partial charge in [-0.3, -0.25) is 4.68 Å². The summed E-state index contributed by atoms with van der Waals surface area (Å²) in [7, 11) is 0. The second-order valence-electron chi connectivity index (χ2n) is 5.10. The second-order valence-corrected chi connectivity index (χ2v) is 5.10. The second kappa shape index (κ2) is 4.87. The lowest BCUT2D eigenvalue weighted by atomic mass is 10.0. The van der Waals surface area contributed by atoms with Gasteiger partial charge in [-0.25, -0.2) is 0 Å². The van der Waals surface area contributed by atoms with Gasteiger partial charge in [0.1, 0.15) is 0 Å². The average molecular weight is 223 g/mol. The summed E-state index contributed by atoms with van der Waals surface area (Å²) >= 11 is 0. The molecule has 0 aromatic carbocycles. The molecule has 2 heterocycles. The third kappa shape index (κ3) is 2.76. The SMILES string of the molecule is CC(C)CN1CCC(n2cc(O)cn2)CC1. The molecule has 1 aliphatic rings. The number of nitrogens with zero attached hydrogens (tertiary/aromatic N) is 3. The minimum absolute atomic E-state index is 0.268. The molecule has 0 atom stereocenters. The molecule has 0 aliphatic carbocycles. The largest absolute Gasteiger partial charge is 0.505 e. The van der Waals surface area contributed by atoms with Crippen molar-refractivity contribution in [3.8, 4) is 5.75 Å². The molecule has 0 saturated carbocycles. The minimum atomic E-state index is 0.268. The van der Waals surface area contributed by atoms with Gasteiger partial charge in [0, 0.05) is 19.6 Å². The third-order valence-corrected chi connectivity index (χ3v) is 3.14. The molecule has 0 bridgehead atoms. The number of hydrogen-bond acceptors (Lipinski definition) is 3. The number of likely N-dealkylation sites (tertiary alicyclic amines) is 1. The molecule has 90 valence electrons. The van der Waals surface area contributed by atoms with Gasteiger partial charge < -0.3 is 10.0 Å². The van der Waals surface area contributed by atoms with Gasteiger partial charge in [-0.05, 0) is 18.8 Å². The highest BCUT2D eigenvalue weighted by atomic mass is 16.3. The first-order valence-electron chi connectivity index (χ1n) is 6.10. The number of hydrogen-bond donors (Lipinski definition) is 1. The van der Waals surface area contributed by atoms with Crippen LogP contribution in [0.4, 0.5) is 0 Å². The molecule has 1 N–H and O–H groups in total. The van der Waals surface area contributed by atoms with Crippen molar-refractivity contribution in [2.45, 2.75) is 32.7 Å². The maximum Gasteiger partial charge on any atom is 0.153 e. The summed E-state index contributed by atoms with van der Waals surface area (Å²) in [6.45, 7) is 8.00. The van der Waals surface area contributed by atoms with Crippen LogP contribution in [0.1, 0.15) is 32.7 Å². The van der Waals surface area contributed by atoms with E-state index in [1.54, 1.807) is 6.20 Å². The van der Waals surface area contributed by atoms with Gasteiger partial charge in [0.05, 0.1) is 18.4 Å². The summed E-state index contributed by atoms with van der Waals surface area (Å²) < 4.78 is 1.90. The highest BCUT2D eigenvalue weighted by molar-refractivity contribution is 5.09. The monoisotopic (exact) mass is 223 g/mol. The van der Waals surface area contributed by atoms with E-state index in [-0.39, 0.29) is 5.75 Å². The summed E-state index contributed by atoms with van der Waals surface area (Å²) in [5.41, 5.74) is 0. The lowest BCUT2D eigenvalue weighted by Gasteiger charge is -2.32. The summed E-state index contributed by atoms with van der Waals surface area (Å²) in [5, 5.41) is 13.4. The van der Waals surface area contributed by atoms with Crippen molar-refractivity contribution < 1.29 is 5.11 Å². The average Bonchev–Trinajstić information content (AvgIpc) is 2.65. The molecule has 0 unspecified atom stereocenters. The number of aromatic hydroxyl groups is 1. The highest BCUT2D eigenvalue weighted by Gasteiger charge is 2.21. The van der Waals surface area contributed by atoms with E-state index in [9.17, 15) is 5.11 Å². The van der Waals surface area contributed by atoms with Crippen molar-refractivity contribution in [1.29, 1.82) is 0 Å². The Labute approximate surface area is 96.9 Å². The number of aromatic nitrogens is 2. The Kier molecular flexibility index (Phi) is 3.49. The predicted octanol–water partition coefficient (Wildman–Crippen LogP) is 1.88. The Morgan fingerprint density at radius 3 is 2.62 bits per heavy atom. The van der Waals surface area contributed by atoms with Crippen LogP contribution in [-0.4, -0.2) is 39.4 Å². The van der Waals surface area contributed by atoms with Crippen molar-refractivity contribution >= 4 is 0 Å². The fourth-order valence-electron chi connectivity index (χ4n) is 2.41. The van der Waals surface area contributed by atoms with Gasteiger partial charge in [-0.1, -0.05) is 13.8 Å². The zero-order valence-electron chi connectivity index (χ0n) is 10.1. The molecule has 1 aromatic rings. The first-order chi connectivity index (χ1) is 7.65. The molecular formula is C12H21N3O. The van der Waals surface area contributed by atoms with E-state index >= 15 is 0 Å². The highest BCUT2D eigenvalue weighted by Crippen LogP contribution is 2.23. The van der Waals surface area contributed by atoms with Gasteiger partial charge in [-0.2, -0.15) is 5.10 Å². The Balaban J connectivity index is 1.85. The van der Waals surface area contributed by atoms with Crippen LogP contribution < -0.4 is 0 Å². The normalized spacial score (nSPS) is 19.4. The van der Waals surface area contributed by atoms with Crippen LogP contribution in [0.25, 0.3) is 0 Å². The van der Waals surface area contributed by atoms with Crippen molar-refractivity contribution in [2.75, 3.05) is 19.6 Å². The molecule has 0 amide bonds. The predicted molar refractivity (Wildman–Crippen MR) is 63.4 cm³/mol. The molecule has 1 fully saturated rings. The van der Waals surface area contributed by atoms with Crippen LogP contribution in [-0.2, 0) is 0 Å². The molecule has 0 radical (unpaired) electrons. The minimum Gasteiger partial charge on any atom is -0.505 e. The molecule has 0 spiro atoms. The molecule has 4 nitrogen and oxygen atoms in total. The first-order valence-corrected chi connectivity index (χ1v) is 6.10. The van der Waals surface area contributed by atoms with Crippen LogP contribution in [0.15, 0.2) is 12.4 Å². The van der Waals surface area contributed by atoms with Crippen LogP contribution in [0, 0.1) is 5.92 Å². The first kappa shape index (κ1) is 11.5. The van der Waals surface area contributed by atoms with Crippen molar-refractivity contribution in [2.24, 2.45) is 5.92 Å². The van der Waals surface area contributed by atoms with E-state index in [2.05, 4.69) is 23.8 Å². The standard InChI is InChI=1S/C12H21N3O/c1-10(2)8-14-5-3-11(4-6-14)15-9-12(16)7-13-15/h7,9-11,16H,3-6,8H2,1-2H3. The third-order valence-electron chi connectivity index (χ3n) is 3.14. The molecule has 1 aromatic heterocycles. The fourth-order valence-corrected chi connectivity index (χ4v) is 2.41. The lowest BCUT2D eigenvalue weighted by Crippen LogP contribution is -2.36. The van der Waals surface area contributed by atoms with E-state index in [1.807, 2.05) is 4.68 Å². The molecule has 4 heteroatoms. The van der Waals surface area contributed by atoms with Crippen molar-refractivity contribution in [3.63, 3.8) is 0 Å². The maximum atomic E-state index is 9.26. The number of piperidine rings is 1. The Bertz CT molecular complexity index is 327. The maximum absolute atomic E-state index is 9.26. The van der Waals surface area contributed by atoms with E-state index < -0.39 is 0 Å². The van der Waals surface area contributed by atoms with Gasteiger partial charge in [0.15, 0.2) is 5.75 Å². The summed E-state index contributed by atoms with van der Waals surface area (Å²) in [6, 6.07) is 0.462. The van der Waals surface area contributed by atoms with Crippen molar-refractivity contribution in [1.82, 2.24) is 14.7 Å². The van der Waals surface area contributed by atoms with Crippen molar-refractivity contribution in [3.05, 3.63) is 12.4 Å². The van der Waals surface area contributed by atoms with E-state index in [4.69, 9.17) is 0 Å². The fraction of sp³-hybridized carbons (Fsp3) is 0.750. The zero-order valence-corrected chi connectivity index (χ0v) is 10.1. The lowest BCUT2D eigenvalue weighted by molar-refractivity contribution is 0.164. The van der Waals surface area contributed by atoms with Gasteiger partial charge >= 0.3 is 0 Å². The summed E-state index contributed by atoms with van der Waals surface area (Å²) in [4.78, 5) is 2.52. The van der Waals surface area contributed by atoms with Crippen LogP contribution in [0.5, 0.6) is 5.75 Å². The van der Waals surface area contributed by atoms with E-state index in [0.717, 1.165) is 31.8 Å². The molecule has 1 saturated heterocycles. The zero-order chi connectivity index (χ0) is 11.5. The Morgan fingerprint density at radius 1 is 1.44 bits per heavy atom. The van der Waals surface area contributed by atoms with Gasteiger partial charge in [-0.15, -0.1) is 0 Å². The van der Waals surface area contributed by atoms with Crippen LogP contribution in [0.3, 0.4) is 0 Å². The quantitative estimate of drug-likeness (QED) is 0.850. The van der Waals surface area contributed by atoms with Crippen LogP contribution in [0.2, 0.25) is 0 Å². The smallest absolute Gasteiger partial charge is 0.153 e. The Hall–Kier alpha value is -1.03. The number of rotatable bonds is 3. The molecule has 16 heavy (non-hydrogen) atoms. The molecular weight excluding hydrogens is 202 g/mol. The van der Waals surface area contributed by atoms with Gasteiger partial charge in [0.25, 0.3) is 0 Å². The topological polar surface area (TPSA) is 41.3 Å². The summed E-state index contributed by atoms with van der Waals surface area (Å²) in [5.74, 6) is 1.01. The van der Waals surface area contributed by atoms with Crippen LogP contribution >= 0.6 is 0 Å². The van der Waals surface area contributed by atoms with E-state index in [1.165, 1.54) is 12.7 Å². The molecule has 2 rings (SSSR count). The van der Waals surface area contributed by atoms with E-state index in [0.29, 0.717) is 6.04 Å². The summed E-state index contributed by atoms with van der Waals surface area (Å²) in [6.07, 6.45) is 5.50. The molecule has 1 aliphatic heterocycles.